The summed E-state index contributed by atoms with van der Waals surface area (Å²) in [5.74, 6) is -1.11. The fourth-order valence-electron chi connectivity index (χ4n) is 1.60. The van der Waals surface area contributed by atoms with Gasteiger partial charge in [0.1, 0.15) is 0 Å². The van der Waals surface area contributed by atoms with Crippen molar-refractivity contribution in [1.82, 2.24) is 9.97 Å². The van der Waals surface area contributed by atoms with Gasteiger partial charge in [0.15, 0.2) is 16.8 Å². The first kappa shape index (κ1) is 14.4. The third kappa shape index (κ3) is 2.93. The van der Waals surface area contributed by atoms with Gasteiger partial charge in [0, 0.05) is 17.6 Å². The molecule has 2 aromatic rings. The number of hydrogen-bond acceptors (Lipinski definition) is 5. The Kier molecular flexibility index (Phi) is 4.29. The van der Waals surface area contributed by atoms with Gasteiger partial charge in [-0.15, -0.1) is 11.3 Å². The van der Waals surface area contributed by atoms with Gasteiger partial charge < -0.3 is 5.32 Å². The van der Waals surface area contributed by atoms with E-state index in [4.69, 9.17) is 0 Å². The molecule has 20 heavy (non-hydrogen) atoms. The number of pyridine rings is 1. The lowest BCUT2D eigenvalue weighted by Crippen LogP contribution is -2.15. The third-order valence-corrected chi connectivity index (χ3v) is 3.72. The summed E-state index contributed by atoms with van der Waals surface area (Å²) in [5, 5.41) is 5.84. The van der Waals surface area contributed by atoms with Crippen molar-refractivity contribution in [3.8, 4) is 0 Å². The quantitative estimate of drug-likeness (QED) is 0.909. The molecule has 0 bridgehead atoms. The molecular weight excluding hydrogens is 279 g/mol. The van der Waals surface area contributed by atoms with Crippen LogP contribution in [0.15, 0.2) is 12.3 Å². The number of hydrogen-bond donors (Lipinski definition) is 2. The number of anilines is 2. The highest BCUT2D eigenvalue weighted by molar-refractivity contribution is 7.15. The van der Waals surface area contributed by atoms with E-state index in [1.807, 2.05) is 20.8 Å². The number of rotatable bonds is 4. The minimum absolute atomic E-state index is 0.0542. The molecule has 1 amide bonds. The summed E-state index contributed by atoms with van der Waals surface area (Å²) in [6.07, 6.45) is 1.40. The van der Waals surface area contributed by atoms with E-state index in [2.05, 4.69) is 20.6 Å². The molecule has 2 N–H and O–H groups in total. The second-order valence-electron chi connectivity index (χ2n) is 4.17. The number of amides is 1. The highest BCUT2D eigenvalue weighted by Crippen LogP contribution is 2.22. The second-order valence-corrected chi connectivity index (χ2v) is 5.37. The molecule has 0 unspecified atom stereocenters. The lowest BCUT2D eigenvalue weighted by Gasteiger charge is -2.07. The van der Waals surface area contributed by atoms with Crippen LogP contribution >= 0.6 is 11.3 Å². The predicted molar refractivity (Wildman–Crippen MR) is 77.9 cm³/mol. The van der Waals surface area contributed by atoms with Gasteiger partial charge in [0.05, 0.1) is 11.3 Å². The Bertz CT molecular complexity index is 622. The Morgan fingerprint density at radius 2 is 2.20 bits per heavy atom. The van der Waals surface area contributed by atoms with Crippen molar-refractivity contribution < 1.29 is 9.18 Å². The number of nitrogens with one attached hydrogen (secondary N) is 2. The Morgan fingerprint density at radius 3 is 2.80 bits per heavy atom. The van der Waals surface area contributed by atoms with E-state index in [1.165, 1.54) is 23.6 Å². The Hall–Kier alpha value is -2.02. The van der Waals surface area contributed by atoms with Crippen LogP contribution in [0.3, 0.4) is 0 Å². The molecule has 0 atom stereocenters. The normalized spacial score (nSPS) is 10.4. The Morgan fingerprint density at radius 1 is 1.45 bits per heavy atom. The maximum atomic E-state index is 14.1. The minimum Gasteiger partial charge on any atom is -0.368 e. The largest absolute Gasteiger partial charge is 0.368 e. The fraction of sp³-hybridized carbons (Fsp3) is 0.308. The second kappa shape index (κ2) is 5.96. The number of carbonyl (C=O) groups is 1. The van der Waals surface area contributed by atoms with Crippen LogP contribution in [0, 0.1) is 19.7 Å². The van der Waals surface area contributed by atoms with E-state index < -0.39 is 11.7 Å². The number of thiazole rings is 1. The van der Waals surface area contributed by atoms with Crippen molar-refractivity contribution in [2.45, 2.75) is 20.8 Å². The number of aryl methyl sites for hydroxylation is 2. The number of nitrogens with zero attached hydrogens (tertiary/aromatic N) is 2. The minimum atomic E-state index is -0.656. The van der Waals surface area contributed by atoms with Crippen LogP contribution in [-0.4, -0.2) is 22.4 Å². The maximum absolute atomic E-state index is 14.1. The first-order valence-electron chi connectivity index (χ1n) is 6.16. The van der Waals surface area contributed by atoms with Gasteiger partial charge in [-0.05, 0) is 26.8 Å². The van der Waals surface area contributed by atoms with Crippen LogP contribution in [0.25, 0.3) is 0 Å². The predicted octanol–water partition coefficient (Wildman–Crippen LogP) is 2.98. The van der Waals surface area contributed by atoms with Crippen LogP contribution in [-0.2, 0) is 0 Å². The van der Waals surface area contributed by atoms with Crippen LogP contribution < -0.4 is 10.6 Å². The molecule has 0 fully saturated rings. The number of halogens is 1. The average Bonchev–Trinajstić information content (AvgIpc) is 2.71. The summed E-state index contributed by atoms with van der Waals surface area (Å²) in [5.41, 5.74) is 0.801. The van der Waals surface area contributed by atoms with Crippen LogP contribution in [0.1, 0.15) is 27.9 Å². The fourth-order valence-corrected chi connectivity index (χ4v) is 2.41. The van der Waals surface area contributed by atoms with Crippen LogP contribution in [0.2, 0.25) is 0 Å². The van der Waals surface area contributed by atoms with Gasteiger partial charge in [0.2, 0.25) is 0 Å². The summed E-state index contributed by atoms with van der Waals surface area (Å²) >= 11 is 1.36. The molecule has 0 aliphatic rings. The van der Waals surface area contributed by atoms with Crippen molar-refractivity contribution in [3.63, 3.8) is 0 Å². The lowest BCUT2D eigenvalue weighted by atomic mass is 10.2. The molecule has 0 spiro atoms. The van der Waals surface area contributed by atoms with Gasteiger partial charge in [-0.3, -0.25) is 10.1 Å². The molecule has 0 aliphatic heterocycles. The van der Waals surface area contributed by atoms with Crippen molar-refractivity contribution in [2.24, 2.45) is 0 Å². The molecule has 0 saturated carbocycles. The molecule has 0 radical (unpaired) electrons. The summed E-state index contributed by atoms with van der Waals surface area (Å²) < 4.78 is 14.1. The van der Waals surface area contributed by atoms with E-state index in [1.54, 1.807) is 0 Å². The Labute approximate surface area is 120 Å². The molecule has 2 heterocycles. The molecule has 2 rings (SSSR count). The lowest BCUT2D eigenvalue weighted by molar-refractivity contribution is 0.102. The first-order valence-corrected chi connectivity index (χ1v) is 6.98. The zero-order chi connectivity index (χ0) is 14.7. The molecule has 5 nitrogen and oxygen atoms in total. The zero-order valence-corrected chi connectivity index (χ0v) is 12.3. The van der Waals surface area contributed by atoms with Gasteiger partial charge in [-0.1, -0.05) is 0 Å². The van der Waals surface area contributed by atoms with Crippen LogP contribution in [0.5, 0.6) is 0 Å². The average molecular weight is 294 g/mol. The summed E-state index contributed by atoms with van der Waals surface area (Å²) in [4.78, 5) is 21.1. The number of aromatic nitrogens is 2. The topological polar surface area (TPSA) is 66.9 Å². The highest BCUT2D eigenvalue weighted by atomic mass is 32.1. The Balaban J connectivity index is 2.23. The third-order valence-electron chi connectivity index (χ3n) is 2.73. The first-order chi connectivity index (χ1) is 9.52. The van der Waals surface area contributed by atoms with E-state index in [-0.39, 0.29) is 11.4 Å². The van der Waals surface area contributed by atoms with Crippen molar-refractivity contribution >= 4 is 28.2 Å². The van der Waals surface area contributed by atoms with E-state index in [0.717, 1.165) is 10.6 Å². The maximum Gasteiger partial charge on any atom is 0.260 e. The number of carbonyl (C=O) groups excluding carboxylic acids is 1. The SMILES string of the molecule is CCNc1nccc(C(=O)Nc2nc(C)c(C)s2)c1F. The van der Waals surface area contributed by atoms with Gasteiger partial charge in [-0.25, -0.2) is 14.4 Å². The van der Waals surface area contributed by atoms with Crippen molar-refractivity contribution in [2.75, 3.05) is 17.2 Å². The summed E-state index contributed by atoms with van der Waals surface area (Å²) in [7, 11) is 0. The molecule has 2 aromatic heterocycles. The van der Waals surface area contributed by atoms with Gasteiger partial charge in [-0.2, -0.15) is 0 Å². The van der Waals surface area contributed by atoms with Gasteiger partial charge in [0.25, 0.3) is 5.91 Å². The molecule has 106 valence electrons. The molecule has 0 aliphatic carbocycles. The van der Waals surface area contributed by atoms with Crippen LogP contribution in [0.4, 0.5) is 15.3 Å². The zero-order valence-electron chi connectivity index (χ0n) is 11.5. The van der Waals surface area contributed by atoms with E-state index >= 15 is 0 Å². The molecule has 0 aromatic carbocycles. The van der Waals surface area contributed by atoms with E-state index in [9.17, 15) is 9.18 Å². The smallest absolute Gasteiger partial charge is 0.260 e. The standard InChI is InChI=1S/C13H15FN4OS/c1-4-15-11-10(14)9(5-6-16-11)12(19)18-13-17-7(2)8(3)20-13/h5-6H,4H2,1-3H3,(H,15,16)(H,17,18,19). The highest BCUT2D eigenvalue weighted by Gasteiger charge is 2.17. The monoisotopic (exact) mass is 294 g/mol. The van der Waals surface area contributed by atoms with Crippen molar-refractivity contribution in [1.29, 1.82) is 0 Å². The van der Waals surface area contributed by atoms with E-state index in [0.29, 0.717) is 11.7 Å². The molecule has 7 heteroatoms. The van der Waals surface area contributed by atoms with Crippen molar-refractivity contribution in [3.05, 3.63) is 34.2 Å². The molecular formula is C13H15FN4OS. The summed E-state index contributed by atoms with van der Waals surface area (Å²) in [6, 6.07) is 1.35. The van der Waals surface area contributed by atoms with Gasteiger partial charge >= 0.3 is 0 Å². The summed E-state index contributed by atoms with van der Waals surface area (Å²) in [6.45, 7) is 6.13. The molecule has 0 saturated heterocycles.